The van der Waals surface area contributed by atoms with Crippen molar-refractivity contribution in [2.45, 2.75) is 44.9 Å². The average Bonchev–Trinajstić information content (AvgIpc) is 2.95. The maximum absolute atomic E-state index is 12.1. The Morgan fingerprint density at radius 2 is 1.93 bits per heavy atom. The first-order chi connectivity index (χ1) is 13.8. The first-order valence-electron chi connectivity index (χ1n) is 9.95. The number of carbonyl (C=O) groups is 2. The van der Waals surface area contributed by atoms with Crippen molar-refractivity contribution in [3.8, 4) is 5.75 Å². The minimum atomic E-state index is -3.98. The average molecular weight is 416 g/mol. The van der Waals surface area contributed by atoms with Gasteiger partial charge in [-0.15, -0.1) is 0 Å². The Morgan fingerprint density at radius 3 is 2.66 bits per heavy atom. The fraction of sp³-hybridized carbons (Fsp3) is 0.429. The van der Waals surface area contributed by atoms with Gasteiger partial charge in [0.05, 0.1) is 5.69 Å². The summed E-state index contributed by atoms with van der Waals surface area (Å²) >= 11 is 0. The molecule has 1 aliphatic carbocycles. The van der Waals surface area contributed by atoms with Crippen LogP contribution in [-0.2, 0) is 26.2 Å². The lowest BCUT2D eigenvalue weighted by Crippen LogP contribution is -2.29. The molecule has 2 aromatic rings. The quantitative estimate of drug-likeness (QED) is 0.780. The van der Waals surface area contributed by atoms with Crippen LogP contribution in [0.5, 0.6) is 5.75 Å². The number of carbonyl (C=O) groups excluding carboxylic acids is 2. The highest BCUT2D eigenvalue weighted by Crippen LogP contribution is 2.35. The predicted molar refractivity (Wildman–Crippen MR) is 110 cm³/mol. The molecule has 2 fully saturated rings. The first kappa shape index (κ1) is 19.7. The number of amides is 1. The molecule has 0 aromatic heterocycles. The van der Waals surface area contributed by atoms with Crippen LogP contribution in [0, 0.1) is 5.92 Å². The Kier molecular flexibility index (Phi) is 5.21. The highest BCUT2D eigenvalue weighted by Gasteiger charge is 2.35. The summed E-state index contributed by atoms with van der Waals surface area (Å²) in [6.07, 6.45) is 6.51. The Labute approximate surface area is 169 Å². The molecule has 8 heteroatoms. The van der Waals surface area contributed by atoms with Crippen molar-refractivity contribution in [3.63, 3.8) is 0 Å². The van der Waals surface area contributed by atoms with Crippen molar-refractivity contribution < 1.29 is 23.1 Å². The molecule has 2 N–H and O–H groups in total. The van der Waals surface area contributed by atoms with Gasteiger partial charge in [-0.2, -0.15) is 8.42 Å². The van der Waals surface area contributed by atoms with Gasteiger partial charge in [-0.25, -0.2) is 9.03 Å². The van der Waals surface area contributed by atoms with E-state index in [-0.39, 0.29) is 23.9 Å². The zero-order valence-electron chi connectivity index (χ0n) is 16.1. The minimum Gasteiger partial charge on any atom is -0.506 e. The minimum absolute atomic E-state index is 0.0841. The lowest BCUT2D eigenvalue weighted by atomic mass is 9.84. The largest absolute Gasteiger partial charge is 0.506 e. The van der Waals surface area contributed by atoms with Crippen LogP contribution in [0.4, 0.5) is 5.69 Å². The van der Waals surface area contributed by atoms with Crippen molar-refractivity contribution in [1.29, 1.82) is 0 Å². The Morgan fingerprint density at radius 1 is 1.10 bits per heavy atom. The molecule has 0 spiro atoms. The molecule has 1 aliphatic heterocycles. The zero-order chi connectivity index (χ0) is 20.6. The first-order valence-corrected chi connectivity index (χ1v) is 11.4. The van der Waals surface area contributed by atoms with E-state index in [9.17, 15) is 23.1 Å². The van der Waals surface area contributed by atoms with Gasteiger partial charge in [-0.05, 0) is 60.6 Å². The van der Waals surface area contributed by atoms with E-state index in [4.69, 9.17) is 0 Å². The molecule has 4 rings (SSSR count). The van der Waals surface area contributed by atoms with Crippen molar-refractivity contribution in [2.75, 3.05) is 10.8 Å². The molecule has 1 saturated carbocycles. The van der Waals surface area contributed by atoms with Crippen LogP contribution < -0.4 is 9.03 Å². The van der Waals surface area contributed by atoms with E-state index in [2.05, 4.69) is 0 Å². The molecule has 0 bridgehead atoms. The van der Waals surface area contributed by atoms with Crippen LogP contribution in [0.2, 0.25) is 0 Å². The fourth-order valence-corrected chi connectivity index (χ4v) is 5.41. The number of phenols is 1. The van der Waals surface area contributed by atoms with Crippen LogP contribution in [0.15, 0.2) is 30.3 Å². The van der Waals surface area contributed by atoms with Gasteiger partial charge in [0.1, 0.15) is 18.1 Å². The molecular formula is C21H24N2O5S. The summed E-state index contributed by atoms with van der Waals surface area (Å²) in [5.74, 6) is -0.236. The number of rotatable bonds is 5. The molecule has 1 saturated heterocycles. The molecule has 1 unspecified atom stereocenters. The van der Waals surface area contributed by atoms with Crippen LogP contribution in [0.3, 0.4) is 0 Å². The zero-order valence-corrected chi connectivity index (χ0v) is 16.9. The summed E-state index contributed by atoms with van der Waals surface area (Å²) < 4.78 is 27.0. The highest BCUT2D eigenvalue weighted by atomic mass is 32.2. The second kappa shape index (κ2) is 7.67. The molecule has 2 aromatic carbocycles. The molecular weight excluding hydrogens is 392 g/mol. The number of hydrogen-bond acceptors (Lipinski definition) is 5. The Hall–Kier alpha value is -2.61. The Balaban J connectivity index is 1.53. The highest BCUT2D eigenvalue weighted by molar-refractivity contribution is 7.92. The molecule has 1 atom stereocenters. The number of nitrogens with zero attached hydrogens (tertiary/aromatic N) is 1. The Bertz CT molecular complexity index is 1080. The van der Waals surface area contributed by atoms with Crippen molar-refractivity contribution in [1.82, 2.24) is 4.72 Å². The SMILES string of the molecule is O=C1CN(c2cc3cc(CCCC4CCCCC4=O)ccc3cc2O)S(=O)(=O)N1. The van der Waals surface area contributed by atoms with Crippen LogP contribution in [0.1, 0.15) is 44.1 Å². The monoisotopic (exact) mass is 416 g/mol. The fourth-order valence-electron chi connectivity index (χ4n) is 4.25. The number of anilines is 1. The van der Waals surface area contributed by atoms with E-state index in [0.717, 1.165) is 59.2 Å². The third-order valence-electron chi connectivity index (χ3n) is 5.79. The van der Waals surface area contributed by atoms with Gasteiger partial charge in [-0.3, -0.25) is 9.59 Å². The van der Waals surface area contributed by atoms with Crippen molar-refractivity contribution in [2.24, 2.45) is 5.92 Å². The maximum Gasteiger partial charge on any atom is 0.326 e. The van der Waals surface area contributed by atoms with Crippen LogP contribution in [0.25, 0.3) is 10.8 Å². The summed E-state index contributed by atoms with van der Waals surface area (Å²) in [5, 5.41) is 11.9. The van der Waals surface area contributed by atoms with Gasteiger partial charge in [0, 0.05) is 12.3 Å². The molecule has 29 heavy (non-hydrogen) atoms. The molecule has 7 nitrogen and oxygen atoms in total. The number of aryl methyl sites for hydroxylation is 1. The van der Waals surface area contributed by atoms with E-state index >= 15 is 0 Å². The van der Waals surface area contributed by atoms with Crippen LogP contribution >= 0.6 is 0 Å². The molecule has 0 radical (unpaired) electrons. The number of phenolic OH excluding ortho intramolecular Hbond substituents is 1. The van der Waals surface area contributed by atoms with E-state index in [0.29, 0.717) is 12.2 Å². The molecule has 2 aliphatic rings. The second-order valence-corrected chi connectivity index (χ2v) is 9.46. The maximum atomic E-state index is 12.1. The van der Waals surface area contributed by atoms with Gasteiger partial charge < -0.3 is 5.11 Å². The second-order valence-electron chi connectivity index (χ2n) is 7.86. The normalized spacial score (nSPS) is 21.5. The lowest BCUT2D eigenvalue weighted by molar-refractivity contribution is -0.124. The molecule has 1 amide bonds. The number of fused-ring (bicyclic) bond motifs is 1. The van der Waals surface area contributed by atoms with E-state index < -0.39 is 16.1 Å². The summed E-state index contributed by atoms with van der Waals surface area (Å²) in [6, 6.07) is 8.95. The number of nitrogens with one attached hydrogen (secondary N) is 1. The summed E-state index contributed by atoms with van der Waals surface area (Å²) in [7, 11) is -3.98. The topological polar surface area (TPSA) is 104 Å². The standard InChI is InChI=1S/C21H24N2O5S/c24-19-7-2-1-5-15(19)6-3-4-14-8-9-16-12-20(25)18(11-17(16)10-14)23-13-21(26)22-29(23,27)28/h8-12,15,25H,1-7,13H2,(H,22,26). The smallest absolute Gasteiger partial charge is 0.326 e. The van der Waals surface area contributed by atoms with Crippen molar-refractivity contribution >= 4 is 38.4 Å². The lowest BCUT2D eigenvalue weighted by Gasteiger charge is -2.20. The van der Waals surface area contributed by atoms with E-state index in [1.165, 1.54) is 6.07 Å². The van der Waals surface area contributed by atoms with Gasteiger partial charge in [0.15, 0.2) is 0 Å². The number of benzene rings is 2. The van der Waals surface area contributed by atoms with Gasteiger partial charge in [-0.1, -0.05) is 24.6 Å². The van der Waals surface area contributed by atoms with E-state index in [1.807, 2.05) is 22.9 Å². The number of ketones is 1. The summed E-state index contributed by atoms with van der Waals surface area (Å²) in [4.78, 5) is 23.5. The number of hydrogen-bond donors (Lipinski definition) is 2. The van der Waals surface area contributed by atoms with Gasteiger partial charge in [0.2, 0.25) is 0 Å². The molecule has 1 heterocycles. The van der Waals surface area contributed by atoms with Crippen molar-refractivity contribution in [3.05, 3.63) is 35.9 Å². The third-order valence-corrected chi connectivity index (χ3v) is 7.18. The predicted octanol–water partition coefficient (Wildman–Crippen LogP) is 2.81. The third kappa shape index (κ3) is 4.07. The number of aromatic hydroxyl groups is 1. The summed E-state index contributed by atoms with van der Waals surface area (Å²) in [6.45, 7) is -0.351. The van der Waals surface area contributed by atoms with Gasteiger partial charge >= 0.3 is 10.2 Å². The summed E-state index contributed by atoms with van der Waals surface area (Å²) in [5.41, 5.74) is 1.18. The number of Topliss-reactive ketones (excluding diaryl/α,β-unsaturated/α-hetero) is 1. The van der Waals surface area contributed by atoms with Crippen LogP contribution in [-0.4, -0.2) is 31.8 Å². The van der Waals surface area contributed by atoms with E-state index in [1.54, 1.807) is 6.07 Å². The van der Waals surface area contributed by atoms with Gasteiger partial charge in [0.25, 0.3) is 5.91 Å². The molecule has 154 valence electrons.